The van der Waals surface area contributed by atoms with Crippen molar-refractivity contribution in [3.63, 3.8) is 0 Å². The monoisotopic (exact) mass is 356 g/mol. The Labute approximate surface area is 150 Å². The van der Waals surface area contributed by atoms with Crippen molar-refractivity contribution >= 4 is 27.6 Å². The number of ether oxygens (including phenoxy) is 2. The van der Waals surface area contributed by atoms with Gasteiger partial charge in [0.25, 0.3) is 0 Å². The lowest BCUT2D eigenvalue weighted by atomic mass is 10.1. The molecule has 25 heavy (non-hydrogen) atoms. The summed E-state index contributed by atoms with van der Waals surface area (Å²) in [6, 6.07) is 5.90. The van der Waals surface area contributed by atoms with Gasteiger partial charge < -0.3 is 14.4 Å². The molecule has 1 saturated heterocycles. The summed E-state index contributed by atoms with van der Waals surface area (Å²) < 4.78 is 15.6. The number of nitrogens with zero attached hydrogens (tertiary/aromatic N) is 4. The van der Waals surface area contributed by atoms with Crippen molar-refractivity contribution in [2.75, 3.05) is 25.1 Å². The summed E-state index contributed by atoms with van der Waals surface area (Å²) in [5.41, 5.74) is 3.87. The van der Waals surface area contributed by atoms with Crippen LogP contribution in [0.4, 0.5) is 5.00 Å². The largest absolute Gasteiger partial charge is 0.481 e. The topological polar surface area (TPSA) is 60.4 Å². The van der Waals surface area contributed by atoms with E-state index in [1.807, 2.05) is 18.3 Å². The molecule has 1 fully saturated rings. The Morgan fingerprint density at radius 1 is 1.12 bits per heavy atom. The summed E-state index contributed by atoms with van der Waals surface area (Å²) in [4.78, 5) is 11.3. The average molecular weight is 356 g/mol. The summed E-state index contributed by atoms with van der Waals surface area (Å²) in [7, 11) is 1.61. The van der Waals surface area contributed by atoms with Gasteiger partial charge in [0.2, 0.25) is 5.88 Å². The number of rotatable bonds is 3. The van der Waals surface area contributed by atoms with Gasteiger partial charge in [0.05, 0.1) is 19.3 Å². The number of fused-ring (bicyclic) bond motifs is 1. The third-order valence-corrected chi connectivity index (χ3v) is 5.20. The molecule has 3 aromatic rings. The summed E-state index contributed by atoms with van der Waals surface area (Å²) >= 11 is 1.51. The van der Waals surface area contributed by atoms with Crippen molar-refractivity contribution in [1.29, 1.82) is 0 Å². The molecule has 0 N–H and O–H groups in total. The molecule has 0 aliphatic carbocycles. The lowest BCUT2D eigenvalue weighted by Gasteiger charge is -2.35. The first-order chi connectivity index (χ1) is 12.1. The molecule has 0 amide bonds. The van der Waals surface area contributed by atoms with Crippen LogP contribution in [-0.4, -0.2) is 46.7 Å². The number of hydrogen-bond acceptors (Lipinski definition) is 7. The quantitative estimate of drug-likeness (QED) is 0.717. The second kappa shape index (κ2) is 6.57. The van der Waals surface area contributed by atoms with Crippen LogP contribution in [0.2, 0.25) is 0 Å². The number of morpholine rings is 1. The Kier molecular flexibility index (Phi) is 4.27. The van der Waals surface area contributed by atoms with Gasteiger partial charge in [0.15, 0.2) is 0 Å². The first kappa shape index (κ1) is 16.2. The number of pyridine rings is 2. The van der Waals surface area contributed by atoms with Gasteiger partial charge in [-0.2, -0.15) is 4.37 Å². The van der Waals surface area contributed by atoms with E-state index in [1.54, 1.807) is 13.3 Å². The van der Waals surface area contributed by atoms with Gasteiger partial charge in [0.1, 0.15) is 16.0 Å². The Balaban J connectivity index is 1.66. The lowest BCUT2D eigenvalue weighted by molar-refractivity contribution is -0.00494. The Hall–Kier alpha value is -2.25. The maximum absolute atomic E-state index is 5.83. The van der Waals surface area contributed by atoms with Crippen molar-refractivity contribution in [1.82, 2.24) is 14.3 Å². The van der Waals surface area contributed by atoms with E-state index in [9.17, 15) is 0 Å². The van der Waals surface area contributed by atoms with E-state index in [1.165, 1.54) is 11.5 Å². The molecule has 0 aromatic carbocycles. The minimum absolute atomic E-state index is 0.213. The number of aromatic nitrogens is 3. The Bertz CT molecular complexity index is 870. The normalized spacial score (nSPS) is 20.8. The van der Waals surface area contributed by atoms with Crippen LogP contribution < -0.4 is 9.64 Å². The van der Waals surface area contributed by atoms with Gasteiger partial charge in [0, 0.05) is 42.7 Å². The molecule has 0 unspecified atom stereocenters. The second-order valence-corrected chi connectivity index (χ2v) is 7.08. The van der Waals surface area contributed by atoms with E-state index < -0.39 is 0 Å². The fourth-order valence-corrected chi connectivity index (χ4v) is 4.04. The summed E-state index contributed by atoms with van der Waals surface area (Å²) in [5, 5.41) is 1.12. The maximum Gasteiger partial charge on any atom is 0.212 e. The Morgan fingerprint density at radius 2 is 1.88 bits per heavy atom. The van der Waals surface area contributed by atoms with Crippen molar-refractivity contribution in [3.05, 3.63) is 30.6 Å². The van der Waals surface area contributed by atoms with Gasteiger partial charge in [-0.25, -0.2) is 4.98 Å². The molecule has 0 radical (unpaired) electrons. The van der Waals surface area contributed by atoms with Crippen LogP contribution in [0.1, 0.15) is 13.8 Å². The van der Waals surface area contributed by atoms with E-state index in [2.05, 4.69) is 34.2 Å². The van der Waals surface area contributed by atoms with Crippen LogP contribution in [0.15, 0.2) is 30.6 Å². The van der Waals surface area contributed by atoms with E-state index in [0.29, 0.717) is 5.88 Å². The molecule has 1 aliphatic heterocycles. The molecule has 7 heteroatoms. The molecule has 4 heterocycles. The minimum Gasteiger partial charge on any atom is -0.481 e. The maximum atomic E-state index is 5.83. The van der Waals surface area contributed by atoms with Gasteiger partial charge in [-0.3, -0.25) is 4.98 Å². The molecule has 0 saturated carbocycles. The van der Waals surface area contributed by atoms with Gasteiger partial charge in [-0.05, 0) is 37.5 Å². The highest BCUT2D eigenvalue weighted by atomic mass is 32.1. The molecular weight excluding hydrogens is 336 g/mol. The molecule has 1 aliphatic rings. The fourth-order valence-electron chi connectivity index (χ4n) is 3.20. The van der Waals surface area contributed by atoms with Crippen molar-refractivity contribution in [2.45, 2.75) is 26.1 Å². The summed E-state index contributed by atoms with van der Waals surface area (Å²) in [6.07, 6.45) is 4.10. The lowest BCUT2D eigenvalue weighted by Crippen LogP contribution is -2.45. The Morgan fingerprint density at radius 3 is 2.56 bits per heavy atom. The van der Waals surface area contributed by atoms with Crippen LogP contribution in [0, 0.1) is 0 Å². The van der Waals surface area contributed by atoms with Crippen LogP contribution in [0.5, 0.6) is 5.88 Å². The standard InChI is InChI=1S/C18H20N4O2S/c1-11-9-22(10-12(2)24-11)18-17-15(21-25-18)6-14(8-20-17)13-4-5-16(23-3)19-7-13/h4-8,11-12H,9-10H2,1-3H3/t11-,12+. The van der Waals surface area contributed by atoms with E-state index in [4.69, 9.17) is 14.5 Å². The van der Waals surface area contributed by atoms with Crippen LogP contribution in [0.25, 0.3) is 22.2 Å². The number of methoxy groups -OCH3 is 1. The highest BCUT2D eigenvalue weighted by molar-refractivity contribution is 7.11. The van der Waals surface area contributed by atoms with Gasteiger partial charge >= 0.3 is 0 Å². The molecule has 3 aromatic heterocycles. The number of hydrogen-bond donors (Lipinski definition) is 0. The molecule has 2 atom stereocenters. The molecule has 130 valence electrons. The van der Waals surface area contributed by atoms with E-state index >= 15 is 0 Å². The summed E-state index contributed by atoms with van der Waals surface area (Å²) in [6.45, 7) is 5.95. The highest BCUT2D eigenvalue weighted by Crippen LogP contribution is 2.33. The van der Waals surface area contributed by atoms with Crippen molar-refractivity contribution in [2.24, 2.45) is 0 Å². The highest BCUT2D eigenvalue weighted by Gasteiger charge is 2.25. The van der Waals surface area contributed by atoms with Crippen LogP contribution in [-0.2, 0) is 4.74 Å². The molecule has 6 nitrogen and oxygen atoms in total. The predicted molar refractivity (Wildman–Crippen MR) is 99.4 cm³/mol. The second-order valence-electron chi connectivity index (χ2n) is 6.33. The van der Waals surface area contributed by atoms with Crippen LogP contribution >= 0.6 is 11.5 Å². The molecule has 0 spiro atoms. The van der Waals surface area contributed by atoms with Gasteiger partial charge in [-0.15, -0.1) is 0 Å². The molecule has 4 rings (SSSR count). The number of anilines is 1. The summed E-state index contributed by atoms with van der Waals surface area (Å²) in [5.74, 6) is 0.601. The molecule has 0 bridgehead atoms. The zero-order valence-electron chi connectivity index (χ0n) is 14.5. The third-order valence-electron chi connectivity index (χ3n) is 4.29. The smallest absolute Gasteiger partial charge is 0.212 e. The zero-order chi connectivity index (χ0) is 17.4. The average Bonchev–Trinajstić information content (AvgIpc) is 3.04. The fraction of sp³-hybridized carbons (Fsp3) is 0.389. The first-order valence-corrected chi connectivity index (χ1v) is 9.07. The van der Waals surface area contributed by atoms with E-state index in [0.717, 1.165) is 40.3 Å². The SMILES string of the molecule is COc1ccc(-c2cnc3c(N4C[C@@H](C)O[C@@H](C)C4)snc3c2)cn1. The molecular formula is C18H20N4O2S. The van der Waals surface area contributed by atoms with E-state index in [-0.39, 0.29) is 12.2 Å². The minimum atomic E-state index is 0.213. The van der Waals surface area contributed by atoms with Crippen LogP contribution in [0.3, 0.4) is 0 Å². The van der Waals surface area contributed by atoms with Gasteiger partial charge in [-0.1, -0.05) is 0 Å². The zero-order valence-corrected chi connectivity index (χ0v) is 15.3. The van der Waals surface area contributed by atoms with Crippen molar-refractivity contribution in [3.8, 4) is 17.0 Å². The third kappa shape index (κ3) is 3.17. The predicted octanol–water partition coefficient (Wildman–Crippen LogP) is 3.38. The van der Waals surface area contributed by atoms with Crippen molar-refractivity contribution < 1.29 is 9.47 Å². The first-order valence-electron chi connectivity index (χ1n) is 8.30.